The number of carbonyl (C=O) groups is 2. The molecule has 0 aliphatic carbocycles. The van der Waals surface area contributed by atoms with E-state index in [1.54, 1.807) is 16.9 Å². The van der Waals surface area contributed by atoms with E-state index in [1.165, 1.54) is 18.9 Å². The Hall–Kier alpha value is -3.74. The summed E-state index contributed by atoms with van der Waals surface area (Å²) in [5.41, 5.74) is 3.90. The number of hydrogen-bond donors (Lipinski definition) is 0. The molecular formula is C27H28N4O4S. The summed E-state index contributed by atoms with van der Waals surface area (Å²) < 4.78 is 10.2. The van der Waals surface area contributed by atoms with Crippen LogP contribution in [0.1, 0.15) is 11.1 Å². The predicted molar refractivity (Wildman–Crippen MR) is 140 cm³/mol. The minimum atomic E-state index is -0.337. The second-order valence-corrected chi connectivity index (χ2v) is 9.28. The van der Waals surface area contributed by atoms with Crippen LogP contribution < -0.4 is 9.64 Å². The first kappa shape index (κ1) is 25.4. The fraction of sp³-hybridized carbons (Fsp3) is 0.296. The van der Waals surface area contributed by atoms with Gasteiger partial charge in [0.15, 0.2) is 0 Å². The maximum Gasteiger partial charge on any atom is 0.267 e. The Morgan fingerprint density at radius 3 is 2.19 bits per heavy atom. The molecule has 36 heavy (non-hydrogen) atoms. The maximum atomic E-state index is 13.5. The molecule has 0 N–H and O–H groups in total. The molecule has 0 spiro atoms. The zero-order valence-corrected chi connectivity index (χ0v) is 21.4. The number of anilines is 1. The highest BCUT2D eigenvalue weighted by Gasteiger charge is 2.33. The first-order valence-corrected chi connectivity index (χ1v) is 12.4. The van der Waals surface area contributed by atoms with Crippen LogP contribution in [0.2, 0.25) is 0 Å². The van der Waals surface area contributed by atoms with E-state index in [1.807, 2.05) is 65.8 Å². The number of thioether (sulfide) groups is 1. The van der Waals surface area contributed by atoms with Crippen LogP contribution in [0.4, 0.5) is 5.69 Å². The van der Waals surface area contributed by atoms with Crippen LogP contribution in [-0.2, 0) is 14.3 Å². The van der Waals surface area contributed by atoms with E-state index in [9.17, 15) is 14.9 Å². The molecule has 0 radical (unpaired) electrons. The second-order valence-electron chi connectivity index (χ2n) is 8.42. The Morgan fingerprint density at radius 1 is 0.972 bits per heavy atom. The lowest BCUT2D eigenvalue weighted by Gasteiger charge is -2.35. The van der Waals surface area contributed by atoms with Gasteiger partial charge < -0.3 is 24.2 Å². The average Bonchev–Trinajstić information content (AvgIpc) is 3.34. The van der Waals surface area contributed by atoms with Crippen LogP contribution in [0.5, 0.6) is 5.75 Å². The van der Waals surface area contributed by atoms with Crippen LogP contribution in [0, 0.1) is 18.3 Å². The zero-order valence-electron chi connectivity index (χ0n) is 20.6. The molecular weight excluding hydrogens is 476 g/mol. The number of piperazine rings is 1. The van der Waals surface area contributed by atoms with E-state index < -0.39 is 0 Å². The number of carbonyl (C=O) groups excluding carboxylic acids is 2. The van der Waals surface area contributed by atoms with Crippen molar-refractivity contribution in [1.82, 2.24) is 9.80 Å². The van der Waals surface area contributed by atoms with E-state index >= 15 is 0 Å². The molecule has 4 rings (SSSR count). The standard InChI is InChI=1S/C27H28N4O4S/c1-19-4-6-20(7-5-19)24-18-36-27(31(24)21-8-10-22(35-3)11-9-21)23(16-28)26(33)30-14-12-29(13-15-30)25(32)17-34-2/h4-11,18H,12-15,17H2,1-3H3/b27-23-. The molecule has 0 unspecified atom stereocenters. The van der Waals surface area contributed by atoms with Crippen LogP contribution in [0.3, 0.4) is 0 Å². The highest BCUT2D eigenvalue weighted by molar-refractivity contribution is 8.06. The summed E-state index contributed by atoms with van der Waals surface area (Å²) in [6, 6.07) is 17.8. The summed E-state index contributed by atoms with van der Waals surface area (Å²) in [4.78, 5) is 30.9. The van der Waals surface area contributed by atoms with Gasteiger partial charge in [-0.3, -0.25) is 9.59 Å². The number of rotatable bonds is 6. The zero-order chi connectivity index (χ0) is 25.7. The van der Waals surface area contributed by atoms with Crippen molar-refractivity contribution in [2.75, 3.05) is 51.9 Å². The van der Waals surface area contributed by atoms with Gasteiger partial charge in [0.2, 0.25) is 5.91 Å². The van der Waals surface area contributed by atoms with Gasteiger partial charge in [0.1, 0.15) is 29.0 Å². The van der Waals surface area contributed by atoms with Crippen molar-refractivity contribution in [1.29, 1.82) is 5.26 Å². The first-order valence-electron chi connectivity index (χ1n) is 11.5. The molecule has 2 amide bonds. The Morgan fingerprint density at radius 2 is 1.61 bits per heavy atom. The van der Waals surface area contributed by atoms with Crippen LogP contribution in [0.15, 0.2) is 64.5 Å². The number of amides is 2. The van der Waals surface area contributed by atoms with Crippen LogP contribution >= 0.6 is 11.8 Å². The van der Waals surface area contributed by atoms with Crippen molar-refractivity contribution < 1.29 is 19.1 Å². The number of benzene rings is 2. The van der Waals surface area contributed by atoms with Crippen molar-refractivity contribution in [2.45, 2.75) is 6.92 Å². The van der Waals surface area contributed by atoms with Gasteiger partial charge in [-0.05, 0) is 36.8 Å². The third kappa shape index (κ3) is 5.25. The Kier molecular flexibility index (Phi) is 7.98. The molecule has 1 saturated heterocycles. The van der Waals surface area contributed by atoms with Gasteiger partial charge in [0.25, 0.3) is 5.91 Å². The smallest absolute Gasteiger partial charge is 0.267 e. The number of aryl methyl sites for hydroxylation is 1. The first-order chi connectivity index (χ1) is 17.5. The normalized spacial score (nSPS) is 16.9. The summed E-state index contributed by atoms with van der Waals surface area (Å²) in [5.74, 6) is 0.276. The van der Waals surface area contributed by atoms with E-state index in [4.69, 9.17) is 9.47 Å². The molecule has 0 aromatic heterocycles. The lowest BCUT2D eigenvalue weighted by atomic mass is 10.1. The van der Waals surface area contributed by atoms with Gasteiger partial charge >= 0.3 is 0 Å². The molecule has 0 atom stereocenters. The van der Waals surface area contributed by atoms with Crippen LogP contribution in [-0.4, -0.2) is 68.6 Å². The molecule has 9 heteroatoms. The fourth-order valence-corrected chi connectivity index (χ4v) is 5.15. The fourth-order valence-electron chi connectivity index (χ4n) is 4.13. The third-order valence-corrected chi connectivity index (χ3v) is 7.08. The van der Waals surface area contributed by atoms with E-state index in [0.29, 0.717) is 31.2 Å². The molecule has 1 fully saturated rings. The van der Waals surface area contributed by atoms with Gasteiger partial charge in [-0.25, -0.2) is 0 Å². The number of nitriles is 1. The van der Waals surface area contributed by atoms with Gasteiger partial charge in [0.05, 0.1) is 12.8 Å². The molecule has 8 nitrogen and oxygen atoms in total. The molecule has 0 bridgehead atoms. The molecule has 2 aliphatic rings. The van der Waals surface area contributed by atoms with Gasteiger partial charge in [0, 0.05) is 44.4 Å². The minimum Gasteiger partial charge on any atom is -0.497 e. The summed E-state index contributed by atoms with van der Waals surface area (Å²) in [7, 11) is 3.09. The van der Waals surface area contributed by atoms with Crippen molar-refractivity contribution in [2.24, 2.45) is 0 Å². The summed E-state index contributed by atoms with van der Waals surface area (Å²) in [5, 5.41) is 12.6. The van der Waals surface area contributed by atoms with Crippen molar-refractivity contribution >= 4 is 35.0 Å². The lowest BCUT2D eigenvalue weighted by Crippen LogP contribution is -2.51. The highest BCUT2D eigenvalue weighted by atomic mass is 32.2. The summed E-state index contributed by atoms with van der Waals surface area (Å²) in [6.07, 6.45) is 0. The summed E-state index contributed by atoms with van der Waals surface area (Å²) in [6.45, 7) is 3.58. The molecule has 2 heterocycles. The molecule has 2 aromatic rings. The number of ether oxygens (including phenoxy) is 2. The highest BCUT2D eigenvalue weighted by Crippen LogP contribution is 2.45. The van der Waals surface area contributed by atoms with Gasteiger partial charge in [-0.1, -0.05) is 41.6 Å². The third-order valence-electron chi connectivity index (χ3n) is 6.13. The topological polar surface area (TPSA) is 86.1 Å². The maximum absolute atomic E-state index is 13.5. The second kappa shape index (κ2) is 11.3. The molecule has 0 saturated carbocycles. The Bertz CT molecular complexity index is 1220. The monoisotopic (exact) mass is 504 g/mol. The number of methoxy groups -OCH3 is 2. The van der Waals surface area contributed by atoms with E-state index in [0.717, 1.165) is 28.3 Å². The molecule has 186 valence electrons. The minimum absolute atomic E-state index is 0.0162. The quantitative estimate of drug-likeness (QED) is 0.439. The summed E-state index contributed by atoms with van der Waals surface area (Å²) >= 11 is 1.36. The van der Waals surface area contributed by atoms with Crippen molar-refractivity contribution in [3.05, 3.63) is 75.7 Å². The largest absolute Gasteiger partial charge is 0.497 e. The van der Waals surface area contributed by atoms with Gasteiger partial charge in [-0.2, -0.15) is 5.26 Å². The van der Waals surface area contributed by atoms with E-state index in [-0.39, 0.29) is 24.0 Å². The van der Waals surface area contributed by atoms with Crippen molar-refractivity contribution in [3.63, 3.8) is 0 Å². The molecule has 2 aromatic carbocycles. The molecule has 2 aliphatic heterocycles. The average molecular weight is 505 g/mol. The predicted octanol–water partition coefficient (Wildman–Crippen LogP) is 3.61. The van der Waals surface area contributed by atoms with Crippen LogP contribution in [0.25, 0.3) is 5.70 Å². The van der Waals surface area contributed by atoms with Crippen molar-refractivity contribution in [3.8, 4) is 11.8 Å². The SMILES string of the molecule is COCC(=O)N1CCN(C(=O)/C(C#N)=C2\SC=C(c3ccc(C)cc3)N2c2ccc(OC)cc2)CC1. The lowest BCUT2D eigenvalue weighted by molar-refractivity contribution is -0.140. The Labute approximate surface area is 215 Å². The van der Waals surface area contributed by atoms with E-state index in [2.05, 4.69) is 6.07 Å². The Balaban J connectivity index is 1.66. The number of hydrogen-bond acceptors (Lipinski definition) is 7. The number of nitrogens with zero attached hydrogens (tertiary/aromatic N) is 4. The van der Waals surface area contributed by atoms with Gasteiger partial charge in [-0.15, -0.1) is 0 Å².